The summed E-state index contributed by atoms with van der Waals surface area (Å²) in [5.74, 6) is 2.04. The summed E-state index contributed by atoms with van der Waals surface area (Å²) >= 11 is 0. The van der Waals surface area contributed by atoms with Crippen LogP contribution in [0.2, 0.25) is 0 Å². The minimum Gasteiger partial charge on any atom is -0.492 e. The van der Waals surface area contributed by atoms with Crippen LogP contribution < -0.4 is 9.47 Å². The molecule has 0 fully saturated rings. The fourth-order valence-electron chi connectivity index (χ4n) is 8.17. The van der Waals surface area contributed by atoms with Crippen LogP contribution in [0.4, 0.5) is 0 Å². The summed E-state index contributed by atoms with van der Waals surface area (Å²) in [4.78, 5) is 0. The number of hydrogen-bond acceptors (Lipinski definition) is 2. The number of fused-ring (bicyclic) bond motifs is 4. The Morgan fingerprint density at radius 1 is 0.346 bits per heavy atom. The monoisotopic (exact) mass is 694 g/mol. The predicted molar refractivity (Wildman–Crippen MR) is 228 cm³/mol. The van der Waals surface area contributed by atoms with Gasteiger partial charge >= 0.3 is 0 Å². The Morgan fingerprint density at radius 3 is 1.06 bits per heavy atom. The maximum absolute atomic E-state index is 6.80. The molecule has 0 N–H and O–H groups in total. The summed E-state index contributed by atoms with van der Waals surface area (Å²) in [5.41, 5.74) is 5.09. The second kappa shape index (κ2) is 19.2. The molecule has 6 rings (SSSR count). The van der Waals surface area contributed by atoms with Crippen molar-refractivity contribution in [3.63, 3.8) is 0 Å². The van der Waals surface area contributed by atoms with Crippen molar-refractivity contribution >= 4 is 43.1 Å². The molecule has 0 saturated carbocycles. The third kappa shape index (κ3) is 8.94. The number of hydrogen-bond donors (Lipinski definition) is 0. The molecule has 2 heteroatoms. The van der Waals surface area contributed by atoms with Gasteiger partial charge in [0.15, 0.2) is 0 Å². The van der Waals surface area contributed by atoms with Gasteiger partial charge < -0.3 is 9.47 Å². The average Bonchev–Trinajstić information content (AvgIpc) is 3.16. The summed E-state index contributed by atoms with van der Waals surface area (Å²) < 4.78 is 13.6. The van der Waals surface area contributed by atoms with Crippen LogP contribution in [0.1, 0.15) is 128 Å². The smallest absolute Gasteiger partial charge is 0.134 e. The van der Waals surface area contributed by atoms with Crippen molar-refractivity contribution in [3.8, 4) is 22.6 Å². The Balaban J connectivity index is 1.38. The molecule has 0 aliphatic heterocycles. The summed E-state index contributed by atoms with van der Waals surface area (Å²) in [5, 5.41) is 9.76. The molecule has 0 bridgehead atoms. The van der Waals surface area contributed by atoms with Gasteiger partial charge in [-0.15, -0.1) is 0 Å². The van der Waals surface area contributed by atoms with Gasteiger partial charge in [-0.05, 0) is 59.4 Å². The van der Waals surface area contributed by atoms with Crippen molar-refractivity contribution in [2.24, 2.45) is 0 Å². The molecule has 2 nitrogen and oxygen atoms in total. The van der Waals surface area contributed by atoms with Crippen LogP contribution in [0.3, 0.4) is 0 Å². The van der Waals surface area contributed by atoms with Gasteiger partial charge in [0.25, 0.3) is 0 Å². The minimum atomic E-state index is 0.747. The maximum atomic E-state index is 6.80. The highest BCUT2D eigenvalue weighted by atomic mass is 16.5. The van der Waals surface area contributed by atoms with E-state index in [4.69, 9.17) is 9.47 Å². The Hall–Kier alpha value is -4.04. The third-order valence-electron chi connectivity index (χ3n) is 11.0. The SMILES string of the molecule is CCCCCCCCCCOc1c2ccccc2c(-c2c3ccccc3c(OCCCCCCCCCC)c3ccc(C)cc23)c2cc(C)ccc12. The Bertz CT molecular complexity index is 1910. The molecule has 0 saturated heterocycles. The van der Waals surface area contributed by atoms with E-state index in [2.05, 4.69) is 113 Å². The molecular weight excluding hydrogens is 633 g/mol. The van der Waals surface area contributed by atoms with Crippen LogP contribution in [0.25, 0.3) is 54.2 Å². The Labute approximate surface area is 313 Å². The zero-order valence-electron chi connectivity index (χ0n) is 32.6. The van der Waals surface area contributed by atoms with E-state index in [9.17, 15) is 0 Å². The lowest BCUT2D eigenvalue weighted by molar-refractivity contribution is 0.311. The van der Waals surface area contributed by atoms with Gasteiger partial charge in [-0.1, -0.05) is 200 Å². The largest absolute Gasteiger partial charge is 0.492 e. The molecule has 0 spiro atoms. The van der Waals surface area contributed by atoms with E-state index in [1.165, 1.54) is 155 Å². The van der Waals surface area contributed by atoms with Gasteiger partial charge in [-0.25, -0.2) is 0 Å². The molecule has 0 radical (unpaired) electrons. The molecule has 0 amide bonds. The van der Waals surface area contributed by atoms with Crippen LogP contribution in [0.5, 0.6) is 11.5 Å². The van der Waals surface area contributed by atoms with E-state index in [-0.39, 0.29) is 0 Å². The summed E-state index contributed by atoms with van der Waals surface area (Å²) in [6.45, 7) is 10.5. The van der Waals surface area contributed by atoms with Crippen LogP contribution >= 0.6 is 0 Å². The standard InChI is InChI=1S/C50H62O2/c1-5-7-9-11-13-15-17-23-33-51-49-41-27-21-19-25-39(41)47(45-35-37(3)29-31-43(45)49)48-40-26-20-22-28-42(40)50(44-32-30-38(4)36-46(44)48)52-34-24-18-16-14-12-10-8-6-2/h19-22,25-32,35-36H,5-18,23-24,33-34H2,1-4H3. The maximum Gasteiger partial charge on any atom is 0.134 e. The highest BCUT2D eigenvalue weighted by molar-refractivity contribution is 6.26. The molecular formula is C50H62O2. The number of benzene rings is 6. The molecule has 0 heterocycles. The Morgan fingerprint density at radius 2 is 0.673 bits per heavy atom. The van der Waals surface area contributed by atoms with Gasteiger partial charge in [-0.2, -0.15) is 0 Å². The zero-order chi connectivity index (χ0) is 36.1. The minimum absolute atomic E-state index is 0.747. The van der Waals surface area contributed by atoms with Gasteiger partial charge in [0.05, 0.1) is 13.2 Å². The van der Waals surface area contributed by atoms with Crippen molar-refractivity contribution < 1.29 is 9.47 Å². The van der Waals surface area contributed by atoms with E-state index in [1.807, 2.05) is 0 Å². The average molecular weight is 695 g/mol. The molecule has 6 aromatic rings. The Kier molecular flexibility index (Phi) is 13.9. The van der Waals surface area contributed by atoms with Crippen molar-refractivity contribution in [3.05, 3.63) is 96.1 Å². The zero-order valence-corrected chi connectivity index (χ0v) is 32.6. The third-order valence-corrected chi connectivity index (χ3v) is 11.0. The molecule has 0 unspecified atom stereocenters. The molecule has 0 aliphatic rings. The van der Waals surface area contributed by atoms with Crippen molar-refractivity contribution in [1.82, 2.24) is 0 Å². The van der Waals surface area contributed by atoms with Gasteiger partial charge in [0, 0.05) is 21.5 Å². The van der Waals surface area contributed by atoms with Crippen molar-refractivity contribution in [2.45, 2.75) is 130 Å². The normalized spacial score (nSPS) is 11.7. The number of rotatable bonds is 21. The first kappa shape index (κ1) is 37.7. The van der Waals surface area contributed by atoms with Crippen molar-refractivity contribution in [1.29, 1.82) is 0 Å². The van der Waals surface area contributed by atoms with E-state index in [1.54, 1.807) is 0 Å². The van der Waals surface area contributed by atoms with E-state index >= 15 is 0 Å². The molecule has 0 atom stereocenters. The number of aryl methyl sites for hydroxylation is 2. The molecule has 0 aliphatic carbocycles. The molecule has 274 valence electrons. The quantitative estimate of drug-likeness (QED) is 0.0551. The molecule has 52 heavy (non-hydrogen) atoms. The predicted octanol–water partition coefficient (Wildman–Crippen LogP) is 15.6. The first-order valence-electron chi connectivity index (χ1n) is 20.8. The van der Waals surface area contributed by atoms with Gasteiger partial charge in [0.2, 0.25) is 0 Å². The highest BCUT2D eigenvalue weighted by Gasteiger charge is 2.22. The lowest BCUT2D eigenvalue weighted by Gasteiger charge is -2.22. The van der Waals surface area contributed by atoms with E-state index in [0.717, 1.165) is 37.6 Å². The van der Waals surface area contributed by atoms with Crippen molar-refractivity contribution in [2.75, 3.05) is 13.2 Å². The summed E-state index contributed by atoms with van der Waals surface area (Å²) in [6, 6.07) is 31.7. The summed E-state index contributed by atoms with van der Waals surface area (Å²) in [6.07, 6.45) is 20.7. The topological polar surface area (TPSA) is 18.5 Å². The van der Waals surface area contributed by atoms with E-state index < -0.39 is 0 Å². The van der Waals surface area contributed by atoms with E-state index in [0.29, 0.717) is 0 Å². The van der Waals surface area contributed by atoms with Crippen LogP contribution in [-0.2, 0) is 0 Å². The van der Waals surface area contributed by atoms with Gasteiger partial charge in [-0.3, -0.25) is 0 Å². The molecule has 6 aromatic carbocycles. The number of unbranched alkanes of at least 4 members (excludes halogenated alkanes) is 14. The van der Waals surface area contributed by atoms with Crippen LogP contribution in [0, 0.1) is 13.8 Å². The second-order valence-corrected chi connectivity index (χ2v) is 15.2. The highest BCUT2D eigenvalue weighted by Crippen LogP contribution is 2.50. The summed E-state index contributed by atoms with van der Waals surface area (Å²) in [7, 11) is 0. The number of ether oxygens (including phenoxy) is 2. The van der Waals surface area contributed by atoms with Crippen LogP contribution in [0.15, 0.2) is 84.9 Å². The van der Waals surface area contributed by atoms with Crippen LogP contribution in [-0.4, -0.2) is 13.2 Å². The fourth-order valence-corrected chi connectivity index (χ4v) is 8.17. The fraction of sp³-hybridized carbons (Fsp3) is 0.440. The second-order valence-electron chi connectivity index (χ2n) is 15.2. The first-order valence-corrected chi connectivity index (χ1v) is 20.8. The first-order chi connectivity index (χ1) is 25.6. The lowest BCUT2D eigenvalue weighted by Crippen LogP contribution is -2.02. The lowest BCUT2D eigenvalue weighted by atomic mass is 9.84. The molecule has 0 aromatic heterocycles. The van der Waals surface area contributed by atoms with Gasteiger partial charge in [0.1, 0.15) is 11.5 Å².